The lowest BCUT2D eigenvalue weighted by Gasteiger charge is -2.34. The number of ether oxygens (including phenoxy) is 1. The Morgan fingerprint density at radius 1 is 0.983 bits per heavy atom. The lowest BCUT2D eigenvalue weighted by Crippen LogP contribution is -2.32. The number of imidazole rings is 1. The van der Waals surface area contributed by atoms with E-state index in [9.17, 15) is 18.0 Å². The Kier molecular flexibility index (Phi) is 14.3. The molecule has 1 amide bonds. The number of aromatic nitrogens is 4. The molecule has 0 bridgehead atoms. The van der Waals surface area contributed by atoms with E-state index in [-0.39, 0.29) is 17.6 Å². The van der Waals surface area contributed by atoms with Crippen LogP contribution in [0.1, 0.15) is 86.6 Å². The van der Waals surface area contributed by atoms with E-state index in [0.29, 0.717) is 34.9 Å². The van der Waals surface area contributed by atoms with Crippen LogP contribution in [0.3, 0.4) is 0 Å². The number of alkyl halides is 3. The summed E-state index contributed by atoms with van der Waals surface area (Å²) in [6.07, 6.45) is 9.27. The van der Waals surface area contributed by atoms with E-state index >= 15 is 0 Å². The topological polar surface area (TPSA) is 110 Å². The first kappa shape index (κ1) is 42.8. The third-order valence-electron chi connectivity index (χ3n) is 10.1. The fraction of sp³-hybridized carbons (Fsp3) is 0.333. The minimum atomic E-state index is -4.68. The molecule has 6 aromatic rings. The van der Waals surface area contributed by atoms with Crippen molar-refractivity contribution in [3.63, 3.8) is 0 Å². The van der Waals surface area contributed by atoms with Gasteiger partial charge in [0, 0.05) is 44.1 Å². The van der Waals surface area contributed by atoms with Crippen molar-refractivity contribution >= 4 is 45.8 Å². The van der Waals surface area contributed by atoms with Gasteiger partial charge >= 0.3 is 6.36 Å². The van der Waals surface area contributed by atoms with Crippen molar-refractivity contribution in [1.82, 2.24) is 24.7 Å². The second-order valence-electron chi connectivity index (χ2n) is 14.7. The molecule has 0 unspecified atom stereocenters. The SMILES string of the molecule is CC(C)=CCC/C(C)=C/CNc1ncnc2ccoc12.CCc1nc2ccc(Cl)cn2c1C(=O)NCc1ccc(N2CCC(c3ccc(OC(F)(F)F)cc3)CC2)cc1. The van der Waals surface area contributed by atoms with Crippen molar-refractivity contribution < 1.29 is 27.1 Å². The molecule has 1 fully saturated rings. The molecule has 1 saturated heterocycles. The summed E-state index contributed by atoms with van der Waals surface area (Å²) in [7, 11) is 0. The maximum absolute atomic E-state index is 13.0. The lowest BCUT2D eigenvalue weighted by molar-refractivity contribution is -0.274. The minimum absolute atomic E-state index is 0.200. The maximum atomic E-state index is 13.0. The number of carbonyl (C=O) groups excluding carboxylic acids is 1. The molecule has 310 valence electrons. The highest BCUT2D eigenvalue weighted by molar-refractivity contribution is 6.30. The molecule has 1 aliphatic heterocycles. The van der Waals surface area contributed by atoms with Crippen LogP contribution < -0.4 is 20.3 Å². The van der Waals surface area contributed by atoms with Gasteiger partial charge in [-0.15, -0.1) is 13.2 Å². The van der Waals surface area contributed by atoms with Crippen LogP contribution in [-0.2, 0) is 13.0 Å². The molecule has 59 heavy (non-hydrogen) atoms. The number of anilines is 2. The molecule has 0 spiro atoms. The van der Waals surface area contributed by atoms with Gasteiger partial charge in [0.2, 0.25) is 0 Å². The van der Waals surface area contributed by atoms with Crippen molar-refractivity contribution in [3.8, 4) is 5.75 Å². The zero-order valence-corrected chi connectivity index (χ0v) is 34.4. The average molecular weight is 828 g/mol. The predicted molar refractivity (Wildman–Crippen MR) is 227 cm³/mol. The molecule has 2 N–H and O–H groups in total. The van der Waals surface area contributed by atoms with Crippen LogP contribution in [0.2, 0.25) is 5.02 Å². The minimum Gasteiger partial charge on any atom is -0.459 e. The number of hydrogen-bond donors (Lipinski definition) is 2. The first-order chi connectivity index (χ1) is 28.4. The highest BCUT2D eigenvalue weighted by Gasteiger charge is 2.31. The second-order valence-corrected chi connectivity index (χ2v) is 15.1. The molecule has 2 aromatic carbocycles. The molecular formula is C45H49ClF3N7O3. The molecule has 0 radical (unpaired) electrons. The van der Waals surface area contributed by atoms with Gasteiger partial charge in [-0.05, 0) is 106 Å². The summed E-state index contributed by atoms with van der Waals surface area (Å²) in [6, 6.07) is 19.7. The standard InChI is InChI=1S/C29H28ClF3N4O2.C16H21N3O/c1-2-25-27(37-18-22(30)7-12-26(37)35-25)28(38)34-17-19-3-8-23(9-4-19)36-15-13-21(14-16-36)20-5-10-24(11-6-20)39-29(31,32)33;1-12(2)5-4-6-13(3)7-9-17-16-15-14(8-10-20-15)18-11-19-16/h3-12,18,21H,2,13-17H2,1H3,(H,34,38);5,7-8,10-11H,4,6,9H2,1-3H3,(H,17,18,19)/b;13-7+. The van der Waals surface area contributed by atoms with E-state index < -0.39 is 6.36 Å². The van der Waals surface area contributed by atoms with Crippen LogP contribution in [0, 0.1) is 0 Å². The first-order valence-corrected chi connectivity index (χ1v) is 20.1. The second kappa shape index (κ2) is 19.8. The van der Waals surface area contributed by atoms with E-state index in [0.717, 1.165) is 79.2 Å². The number of fused-ring (bicyclic) bond motifs is 2. The summed E-state index contributed by atoms with van der Waals surface area (Å²) in [5.74, 6) is 0.631. The van der Waals surface area contributed by atoms with Crippen molar-refractivity contribution in [1.29, 1.82) is 0 Å². The van der Waals surface area contributed by atoms with E-state index in [1.807, 2.05) is 25.1 Å². The molecule has 14 heteroatoms. The van der Waals surface area contributed by atoms with E-state index in [2.05, 4.69) is 80.3 Å². The Labute approximate surface area is 347 Å². The molecule has 1 aliphatic rings. The van der Waals surface area contributed by atoms with Crippen molar-refractivity contribution in [2.24, 2.45) is 0 Å². The number of amides is 1. The van der Waals surface area contributed by atoms with Gasteiger partial charge in [-0.25, -0.2) is 15.0 Å². The molecule has 5 heterocycles. The number of pyridine rings is 1. The third-order valence-corrected chi connectivity index (χ3v) is 10.3. The number of rotatable bonds is 13. The molecule has 0 aliphatic carbocycles. The van der Waals surface area contributed by atoms with E-state index in [4.69, 9.17) is 16.0 Å². The Morgan fingerprint density at radius 2 is 1.73 bits per heavy atom. The Hall–Kier alpha value is -5.82. The van der Waals surface area contributed by atoms with Gasteiger partial charge < -0.3 is 24.7 Å². The van der Waals surface area contributed by atoms with Gasteiger partial charge in [0.15, 0.2) is 11.4 Å². The van der Waals surface area contributed by atoms with Crippen LogP contribution in [-0.4, -0.2) is 51.3 Å². The van der Waals surface area contributed by atoms with Crippen molar-refractivity contribution in [2.75, 3.05) is 29.9 Å². The van der Waals surface area contributed by atoms with E-state index in [1.165, 1.54) is 23.3 Å². The summed E-state index contributed by atoms with van der Waals surface area (Å²) in [5.41, 5.74) is 9.29. The Balaban J connectivity index is 0.000000246. The summed E-state index contributed by atoms with van der Waals surface area (Å²) < 4.78 is 48.3. The Morgan fingerprint density at radius 3 is 2.42 bits per heavy atom. The maximum Gasteiger partial charge on any atom is 0.573 e. The fourth-order valence-electron chi connectivity index (χ4n) is 6.98. The number of nitrogens with one attached hydrogen (secondary N) is 2. The van der Waals surface area contributed by atoms with Gasteiger partial charge in [0.1, 0.15) is 28.9 Å². The monoisotopic (exact) mass is 827 g/mol. The van der Waals surface area contributed by atoms with Gasteiger partial charge in [0.05, 0.1) is 17.0 Å². The lowest BCUT2D eigenvalue weighted by atomic mass is 9.89. The van der Waals surface area contributed by atoms with Crippen LogP contribution in [0.5, 0.6) is 5.75 Å². The molecule has 0 saturated carbocycles. The predicted octanol–water partition coefficient (Wildman–Crippen LogP) is 11.1. The summed E-state index contributed by atoms with van der Waals surface area (Å²) in [5, 5.41) is 6.80. The normalized spacial score (nSPS) is 13.6. The highest BCUT2D eigenvalue weighted by Crippen LogP contribution is 2.32. The Bertz CT molecular complexity index is 2380. The van der Waals surface area contributed by atoms with Crippen LogP contribution in [0.15, 0.2) is 113 Å². The highest BCUT2D eigenvalue weighted by atomic mass is 35.5. The fourth-order valence-corrected chi connectivity index (χ4v) is 7.15. The molecular weight excluding hydrogens is 779 g/mol. The summed E-state index contributed by atoms with van der Waals surface area (Å²) >= 11 is 6.14. The number of allylic oxidation sites excluding steroid dienone is 3. The molecule has 0 atom stereocenters. The first-order valence-electron chi connectivity index (χ1n) is 19.7. The number of nitrogens with zero attached hydrogens (tertiary/aromatic N) is 5. The average Bonchev–Trinajstić information content (AvgIpc) is 3.85. The quantitative estimate of drug-likeness (QED) is 0.111. The van der Waals surface area contributed by atoms with Gasteiger partial charge in [-0.2, -0.15) is 0 Å². The number of piperidine rings is 1. The number of furan rings is 1. The zero-order chi connectivity index (χ0) is 41.9. The van der Waals surface area contributed by atoms with Crippen molar-refractivity contribution in [3.05, 3.63) is 136 Å². The molecule has 10 nitrogen and oxygen atoms in total. The van der Waals surface area contributed by atoms with Crippen LogP contribution in [0.4, 0.5) is 24.7 Å². The number of hydrogen-bond acceptors (Lipinski definition) is 8. The number of halogens is 4. The number of benzene rings is 2. The van der Waals surface area contributed by atoms with E-state index in [1.54, 1.807) is 47.5 Å². The van der Waals surface area contributed by atoms with Gasteiger partial charge in [-0.1, -0.05) is 66.1 Å². The number of aryl methyl sites for hydroxylation is 1. The van der Waals surface area contributed by atoms with Crippen LogP contribution >= 0.6 is 11.6 Å². The smallest absolute Gasteiger partial charge is 0.459 e. The summed E-state index contributed by atoms with van der Waals surface area (Å²) in [6.45, 7) is 11.2. The molecule has 7 rings (SSSR count). The van der Waals surface area contributed by atoms with Gasteiger partial charge in [-0.3, -0.25) is 9.20 Å². The van der Waals surface area contributed by atoms with Crippen LogP contribution in [0.25, 0.3) is 16.7 Å². The largest absolute Gasteiger partial charge is 0.573 e. The molecule has 4 aromatic heterocycles. The van der Waals surface area contributed by atoms with Crippen molar-refractivity contribution in [2.45, 2.75) is 78.6 Å². The zero-order valence-electron chi connectivity index (χ0n) is 33.7. The third kappa shape index (κ3) is 11.9. The number of carbonyl (C=O) groups is 1. The van der Waals surface area contributed by atoms with Gasteiger partial charge in [0.25, 0.3) is 5.91 Å². The summed E-state index contributed by atoms with van der Waals surface area (Å²) in [4.78, 5) is 28.2.